The average molecular weight is 367 g/mol. The van der Waals surface area contributed by atoms with Crippen molar-refractivity contribution in [1.29, 1.82) is 0 Å². The largest absolute Gasteiger partial charge is 0.352 e. The molecular weight excluding hydrogens is 344 g/mol. The van der Waals surface area contributed by atoms with Crippen LogP contribution >= 0.6 is 12.4 Å². The van der Waals surface area contributed by atoms with Crippen LogP contribution in [0.15, 0.2) is 27.8 Å². The molecule has 0 bridgehead atoms. The van der Waals surface area contributed by atoms with Gasteiger partial charge in [-0.3, -0.25) is 14.2 Å². The summed E-state index contributed by atoms with van der Waals surface area (Å²) in [6.07, 6.45) is 2.10. The number of carbonyl (C=O) groups is 1. The standard InChI is InChI=1S/C17H22N4O3.ClH/c1-2-21-16(23)13-4-3-12(9-14(13)20-17(21)24)15(22)19-8-6-11-5-7-18-10-11;/h3-4,9,11,18H,2,5-8,10H2,1H3,(H,19,22)(H,20,24);1H. The molecule has 8 heteroatoms. The Morgan fingerprint density at radius 1 is 1.36 bits per heavy atom. The summed E-state index contributed by atoms with van der Waals surface area (Å²) in [5.74, 6) is 0.425. The Labute approximate surface area is 151 Å². The summed E-state index contributed by atoms with van der Waals surface area (Å²) in [6.45, 7) is 4.73. The Hall–Kier alpha value is -2.12. The van der Waals surface area contributed by atoms with Gasteiger partial charge in [-0.05, 0) is 57.0 Å². The minimum Gasteiger partial charge on any atom is -0.352 e. The van der Waals surface area contributed by atoms with Crippen LogP contribution in [0.5, 0.6) is 0 Å². The molecule has 0 saturated carbocycles. The van der Waals surface area contributed by atoms with E-state index in [2.05, 4.69) is 15.6 Å². The molecule has 0 radical (unpaired) electrons. The van der Waals surface area contributed by atoms with E-state index in [4.69, 9.17) is 0 Å². The maximum absolute atomic E-state index is 12.3. The molecule has 1 atom stereocenters. The van der Waals surface area contributed by atoms with Crippen molar-refractivity contribution in [2.75, 3.05) is 19.6 Å². The van der Waals surface area contributed by atoms with Crippen LogP contribution in [0.2, 0.25) is 0 Å². The van der Waals surface area contributed by atoms with Gasteiger partial charge in [-0.25, -0.2) is 4.79 Å². The van der Waals surface area contributed by atoms with Crippen LogP contribution in [0.3, 0.4) is 0 Å². The van der Waals surface area contributed by atoms with Crippen molar-refractivity contribution in [3.8, 4) is 0 Å². The molecule has 1 aliphatic heterocycles. The fourth-order valence-electron chi connectivity index (χ4n) is 3.14. The third-order valence-corrected chi connectivity index (χ3v) is 4.56. The summed E-state index contributed by atoms with van der Waals surface area (Å²) in [5, 5.41) is 6.61. The first-order valence-electron chi connectivity index (χ1n) is 8.36. The number of carbonyl (C=O) groups excluding carboxylic acids is 1. The highest BCUT2D eigenvalue weighted by Gasteiger charge is 2.15. The number of aromatic amines is 1. The molecule has 1 aromatic carbocycles. The number of benzene rings is 1. The van der Waals surface area contributed by atoms with Crippen molar-refractivity contribution in [3.05, 3.63) is 44.6 Å². The molecule has 1 unspecified atom stereocenters. The SMILES string of the molecule is CCn1c(=O)[nH]c2cc(C(=O)NCCC3CCNC3)ccc2c1=O.Cl. The molecule has 1 aliphatic rings. The lowest BCUT2D eigenvalue weighted by molar-refractivity contribution is 0.0952. The molecule has 2 heterocycles. The molecule has 136 valence electrons. The van der Waals surface area contributed by atoms with Crippen LogP contribution in [0.4, 0.5) is 0 Å². The molecule has 1 aromatic heterocycles. The number of hydrogen-bond donors (Lipinski definition) is 3. The molecule has 0 aliphatic carbocycles. The zero-order chi connectivity index (χ0) is 17.1. The average Bonchev–Trinajstić information content (AvgIpc) is 3.08. The third kappa shape index (κ3) is 4.11. The molecule has 3 N–H and O–H groups in total. The minimum atomic E-state index is -0.457. The van der Waals surface area contributed by atoms with E-state index in [1.54, 1.807) is 25.1 Å². The minimum absolute atomic E-state index is 0. The number of nitrogens with zero attached hydrogens (tertiary/aromatic N) is 1. The van der Waals surface area contributed by atoms with Gasteiger partial charge in [0.25, 0.3) is 11.5 Å². The Kier molecular flexibility index (Phi) is 6.39. The molecule has 1 amide bonds. The topological polar surface area (TPSA) is 96.0 Å². The van der Waals surface area contributed by atoms with Crippen molar-refractivity contribution in [1.82, 2.24) is 20.2 Å². The van der Waals surface area contributed by atoms with Crippen molar-refractivity contribution in [3.63, 3.8) is 0 Å². The van der Waals surface area contributed by atoms with Crippen LogP contribution in [-0.2, 0) is 6.54 Å². The number of aromatic nitrogens is 2. The van der Waals surface area contributed by atoms with Gasteiger partial charge in [-0.2, -0.15) is 0 Å². The summed E-state index contributed by atoms with van der Waals surface area (Å²) in [6, 6.07) is 4.77. The van der Waals surface area contributed by atoms with Crippen LogP contribution in [0, 0.1) is 5.92 Å². The summed E-state index contributed by atoms with van der Waals surface area (Å²) >= 11 is 0. The van der Waals surface area contributed by atoms with E-state index in [-0.39, 0.29) is 23.9 Å². The van der Waals surface area contributed by atoms with Gasteiger partial charge in [0.1, 0.15) is 0 Å². The van der Waals surface area contributed by atoms with Gasteiger partial charge < -0.3 is 15.6 Å². The van der Waals surface area contributed by atoms with Gasteiger partial charge in [0, 0.05) is 18.7 Å². The Morgan fingerprint density at radius 2 is 2.16 bits per heavy atom. The van der Waals surface area contributed by atoms with Gasteiger partial charge in [-0.15, -0.1) is 12.4 Å². The number of rotatable bonds is 5. The van der Waals surface area contributed by atoms with Gasteiger partial charge in [-0.1, -0.05) is 0 Å². The number of amides is 1. The van der Waals surface area contributed by atoms with Crippen molar-refractivity contribution >= 4 is 29.2 Å². The van der Waals surface area contributed by atoms with E-state index in [0.29, 0.717) is 35.5 Å². The van der Waals surface area contributed by atoms with E-state index < -0.39 is 5.69 Å². The molecule has 7 nitrogen and oxygen atoms in total. The van der Waals surface area contributed by atoms with Crippen LogP contribution in [0.1, 0.15) is 30.1 Å². The second-order valence-electron chi connectivity index (χ2n) is 6.14. The summed E-state index contributed by atoms with van der Waals surface area (Å²) in [5.41, 5.74) is 0.0388. The predicted octanol–water partition coefficient (Wildman–Crippen LogP) is 0.861. The number of nitrogens with one attached hydrogen (secondary N) is 3. The van der Waals surface area contributed by atoms with Crippen molar-refractivity contribution in [2.45, 2.75) is 26.3 Å². The molecule has 2 aromatic rings. The molecule has 3 rings (SSSR count). The molecule has 25 heavy (non-hydrogen) atoms. The zero-order valence-electron chi connectivity index (χ0n) is 14.1. The van der Waals surface area contributed by atoms with E-state index in [1.165, 1.54) is 0 Å². The van der Waals surface area contributed by atoms with Gasteiger partial charge in [0.2, 0.25) is 0 Å². The van der Waals surface area contributed by atoms with Crippen LogP contribution in [-0.4, -0.2) is 35.1 Å². The number of hydrogen-bond acceptors (Lipinski definition) is 4. The zero-order valence-corrected chi connectivity index (χ0v) is 14.9. The quantitative estimate of drug-likeness (QED) is 0.731. The molecule has 1 saturated heterocycles. The number of fused-ring (bicyclic) bond motifs is 1. The van der Waals surface area contributed by atoms with Gasteiger partial charge in [0.15, 0.2) is 0 Å². The van der Waals surface area contributed by atoms with E-state index in [1.807, 2.05) is 0 Å². The lowest BCUT2D eigenvalue weighted by atomic mass is 10.1. The van der Waals surface area contributed by atoms with Crippen molar-refractivity contribution in [2.24, 2.45) is 5.92 Å². The van der Waals surface area contributed by atoms with Crippen LogP contribution < -0.4 is 21.9 Å². The van der Waals surface area contributed by atoms with Gasteiger partial charge >= 0.3 is 5.69 Å². The first-order chi connectivity index (χ1) is 11.6. The third-order valence-electron chi connectivity index (χ3n) is 4.56. The van der Waals surface area contributed by atoms with Crippen molar-refractivity contribution < 1.29 is 4.79 Å². The lowest BCUT2D eigenvalue weighted by Gasteiger charge is -2.10. The molecule has 0 spiro atoms. The second kappa shape index (κ2) is 8.31. The van der Waals surface area contributed by atoms with E-state index in [9.17, 15) is 14.4 Å². The summed E-state index contributed by atoms with van der Waals surface area (Å²) in [7, 11) is 0. The summed E-state index contributed by atoms with van der Waals surface area (Å²) < 4.78 is 1.14. The summed E-state index contributed by atoms with van der Waals surface area (Å²) in [4.78, 5) is 39.0. The molecular formula is C17H23ClN4O3. The number of H-pyrrole nitrogens is 1. The first-order valence-corrected chi connectivity index (χ1v) is 8.36. The Bertz CT molecular complexity index is 868. The van der Waals surface area contributed by atoms with E-state index in [0.717, 1.165) is 30.5 Å². The maximum atomic E-state index is 12.3. The fourth-order valence-corrected chi connectivity index (χ4v) is 3.14. The smallest absolute Gasteiger partial charge is 0.328 e. The Morgan fingerprint density at radius 3 is 2.84 bits per heavy atom. The lowest BCUT2D eigenvalue weighted by Crippen LogP contribution is -2.34. The van der Waals surface area contributed by atoms with Crippen LogP contribution in [0.25, 0.3) is 10.9 Å². The monoisotopic (exact) mass is 366 g/mol. The maximum Gasteiger partial charge on any atom is 0.328 e. The van der Waals surface area contributed by atoms with E-state index >= 15 is 0 Å². The first kappa shape index (κ1) is 19.2. The highest BCUT2D eigenvalue weighted by atomic mass is 35.5. The predicted molar refractivity (Wildman–Crippen MR) is 99.7 cm³/mol. The van der Waals surface area contributed by atoms with Gasteiger partial charge in [0.05, 0.1) is 10.9 Å². The normalized spacial score (nSPS) is 16.6. The highest BCUT2D eigenvalue weighted by Crippen LogP contribution is 2.12. The second-order valence-corrected chi connectivity index (χ2v) is 6.14. The Balaban J connectivity index is 0.00000225. The fraction of sp³-hybridized carbons (Fsp3) is 0.471. The number of halogens is 1. The molecule has 1 fully saturated rings. The highest BCUT2D eigenvalue weighted by molar-refractivity contribution is 5.97.